The third-order valence-electron chi connectivity index (χ3n) is 3.81. The summed E-state index contributed by atoms with van der Waals surface area (Å²) in [5.41, 5.74) is 0.810. The second kappa shape index (κ2) is 7.46. The first-order chi connectivity index (χ1) is 12.3. The first kappa shape index (κ1) is 18.4. The molecule has 1 fully saturated rings. The lowest BCUT2D eigenvalue weighted by molar-refractivity contribution is -0.124. The molecule has 2 aliphatic rings. The van der Waals surface area contributed by atoms with Gasteiger partial charge in [-0.2, -0.15) is 0 Å². The van der Waals surface area contributed by atoms with E-state index in [9.17, 15) is 22.8 Å². The molecule has 1 atom stereocenters. The molecule has 2 aliphatic heterocycles. The van der Waals surface area contributed by atoms with E-state index in [4.69, 9.17) is 0 Å². The number of hydrogen-bond acceptors (Lipinski definition) is 6. The van der Waals surface area contributed by atoms with Crippen LogP contribution in [0, 0.1) is 0 Å². The van der Waals surface area contributed by atoms with Crippen molar-refractivity contribution in [3.05, 3.63) is 52.3 Å². The van der Waals surface area contributed by atoms with Gasteiger partial charge in [0.2, 0.25) is 5.91 Å². The van der Waals surface area contributed by atoms with Crippen molar-refractivity contribution in [2.75, 3.05) is 12.3 Å². The number of amides is 3. The summed E-state index contributed by atoms with van der Waals surface area (Å²) in [6.07, 6.45) is 2.97. The van der Waals surface area contributed by atoms with Crippen LogP contribution in [0.25, 0.3) is 6.08 Å². The largest absolute Gasteiger partial charge is 0.349 e. The molecule has 0 aliphatic carbocycles. The molecule has 0 aromatic heterocycles. The maximum Gasteiger partial charge on any atom is 0.293 e. The number of nitrogens with one attached hydrogen (secondary N) is 1. The summed E-state index contributed by atoms with van der Waals surface area (Å²) in [6.45, 7) is -0.0498. The Hall–Kier alpha value is -2.39. The average molecular weight is 392 g/mol. The van der Waals surface area contributed by atoms with Gasteiger partial charge in [-0.25, -0.2) is 8.42 Å². The van der Waals surface area contributed by atoms with Gasteiger partial charge >= 0.3 is 0 Å². The number of carbonyl (C=O) groups excluding carboxylic acids is 3. The fraction of sp³-hybridized carbons (Fsp3) is 0.235. The zero-order chi connectivity index (χ0) is 18.7. The highest BCUT2D eigenvalue weighted by Crippen LogP contribution is 2.32. The van der Waals surface area contributed by atoms with E-state index in [0.29, 0.717) is 4.91 Å². The van der Waals surface area contributed by atoms with Gasteiger partial charge in [-0.3, -0.25) is 19.3 Å². The predicted octanol–water partition coefficient (Wildman–Crippen LogP) is 1.54. The third kappa shape index (κ3) is 4.41. The monoisotopic (exact) mass is 392 g/mol. The first-order valence-corrected chi connectivity index (χ1v) is 10.4. The zero-order valence-electron chi connectivity index (χ0n) is 13.6. The second-order valence-electron chi connectivity index (χ2n) is 5.83. The minimum Gasteiger partial charge on any atom is -0.349 e. The fourth-order valence-corrected chi connectivity index (χ4v) is 4.65. The van der Waals surface area contributed by atoms with Crippen LogP contribution >= 0.6 is 11.8 Å². The minimum atomic E-state index is -3.25. The van der Waals surface area contributed by atoms with Gasteiger partial charge in [0.15, 0.2) is 9.84 Å². The minimum absolute atomic E-state index is 0.0498. The summed E-state index contributed by atoms with van der Waals surface area (Å²) in [5, 5.41) is 3.21. The molecule has 1 N–H and O–H groups in total. The van der Waals surface area contributed by atoms with Crippen LogP contribution in [0.4, 0.5) is 4.79 Å². The zero-order valence-corrected chi connectivity index (χ0v) is 15.3. The Kier molecular flexibility index (Phi) is 5.28. The van der Waals surface area contributed by atoms with Gasteiger partial charge < -0.3 is 5.32 Å². The molecule has 7 nitrogen and oxygen atoms in total. The number of carbonyl (C=O) groups is 3. The molecular weight excluding hydrogens is 376 g/mol. The highest BCUT2D eigenvalue weighted by atomic mass is 32.2. The van der Waals surface area contributed by atoms with E-state index in [1.807, 2.05) is 30.3 Å². The Balaban J connectivity index is 1.56. The number of rotatable bonds is 5. The van der Waals surface area contributed by atoms with E-state index in [-0.39, 0.29) is 18.7 Å². The van der Waals surface area contributed by atoms with E-state index >= 15 is 0 Å². The molecule has 0 saturated carbocycles. The van der Waals surface area contributed by atoms with Crippen LogP contribution in [0.1, 0.15) is 12.0 Å². The molecule has 0 radical (unpaired) electrons. The summed E-state index contributed by atoms with van der Waals surface area (Å²) in [4.78, 5) is 37.7. The molecule has 1 aromatic rings. The lowest BCUT2D eigenvalue weighted by Crippen LogP contribution is -2.38. The molecular formula is C17H16N2O5S2. The quantitative estimate of drug-likeness (QED) is 0.763. The van der Waals surface area contributed by atoms with E-state index in [1.54, 1.807) is 6.08 Å². The van der Waals surface area contributed by atoms with Crippen molar-refractivity contribution in [1.82, 2.24) is 10.2 Å². The Labute approximate surface area is 155 Å². The predicted molar refractivity (Wildman–Crippen MR) is 98.6 cm³/mol. The number of hydrogen-bond donors (Lipinski definition) is 1. The van der Waals surface area contributed by atoms with Gasteiger partial charge in [0, 0.05) is 18.4 Å². The van der Waals surface area contributed by atoms with Crippen LogP contribution in [-0.2, 0) is 19.4 Å². The normalized spacial score (nSPS) is 23.0. The number of thioether (sulfide) groups is 1. The van der Waals surface area contributed by atoms with Gasteiger partial charge in [-0.15, -0.1) is 0 Å². The van der Waals surface area contributed by atoms with Crippen molar-refractivity contribution in [3.63, 3.8) is 0 Å². The Morgan fingerprint density at radius 3 is 2.65 bits per heavy atom. The standard InChI is InChI=1S/C17H16N2O5S2/c20-15(18-13-7-9-26(23,24)11-13)6-8-19-16(21)14(25-17(19)22)10-12-4-2-1-3-5-12/h1-5,7,9-10,13H,6,8,11H2,(H,18,20)/b14-10-. The van der Waals surface area contributed by atoms with Gasteiger partial charge in [-0.1, -0.05) is 30.3 Å². The molecule has 3 rings (SSSR count). The Bertz CT molecular complexity index is 906. The summed E-state index contributed by atoms with van der Waals surface area (Å²) in [5.74, 6) is -1.01. The van der Waals surface area contributed by atoms with Gasteiger partial charge in [-0.05, 0) is 29.5 Å². The maximum absolute atomic E-state index is 12.4. The lowest BCUT2D eigenvalue weighted by atomic mass is 10.2. The van der Waals surface area contributed by atoms with Crippen LogP contribution in [-0.4, -0.2) is 48.7 Å². The molecule has 3 amide bonds. The van der Waals surface area contributed by atoms with Gasteiger partial charge in [0.1, 0.15) is 0 Å². The summed E-state index contributed by atoms with van der Waals surface area (Å²) in [6, 6.07) is 8.60. The number of nitrogens with zero attached hydrogens (tertiary/aromatic N) is 1. The smallest absolute Gasteiger partial charge is 0.293 e. The molecule has 1 saturated heterocycles. The fourth-order valence-electron chi connectivity index (χ4n) is 2.55. The Morgan fingerprint density at radius 1 is 1.27 bits per heavy atom. The van der Waals surface area contributed by atoms with Crippen LogP contribution < -0.4 is 5.32 Å². The molecule has 9 heteroatoms. The highest BCUT2D eigenvalue weighted by Gasteiger charge is 2.35. The van der Waals surface area contributed by atoms with Crippen molar-refractivity contribution in [1.29, 1.82) is 0 Å². The van der Waals surface area contributed by atoms with Gasteiger partial charge in [0.25, 0.3) is 11.1 Å². The Morgan fingerprint density at radius 2 is 2.00 bits per heavy atom. The van der Waals surface area contributed by atoms with Gasteiger partial charge in [0.05, 0.1) is 16.7 Å². The van der Waals surface area contributed by atoms with E-state index in [2.05, 4.69) is 5.32 Å². The number of imide groups is 1. The summed E-state index contributed by atoms with van der Waals surface area (Å²) in [7, 11) is -3.25. The van der Waals surface area contributed by atoms with E-state index < -0.39 is 32.9 Å². The summed E-state index contributed by atoms with van der Waals surface area (Å²) >= 11 is 0.837. The number of benzene rings is 1. The molecule has 0 spiro atoms. The molecule has 26 heavy (non-hydrogen) atoms. The second-order valence-corrected chi connectivity index (χ2v) is 8.75. The highest BCUT2D eigenvalue weighted by molar-refractivity contribution is 8.18. The summed E-state index contributed by atoms with van der Waals surface area (Å²) < 4.78 is 22.6. The average Bonchev–Trinajstić information content (AvgIpc) is 3.06. The van der Waals surface area contributed by atoms with Crippen molar-refractivity contribution in [2.24, 2.45) is 0 Å². The lowest BCUT2D eigenvalue weighted by Gasteiger charge is -2.14. The van der Waals surface area contributed by atoms with Crippen LogP contribution in [0.5, 0.6) is 0 Å². The topological polar surface area (TPSA) is 101 Å². The van der Waals surface area contributed by atoms with Crippen molar-refractivity contribution < 1.29 is 22.8 Å². The maximum atomic E-state index is 12.4. The van der Waals surface area contributed by atoms with E-state index in [0.717, 1.165) is 27.6 Å². The van der Waals surface area contributed by atoms with Crippen molar-refractivity contribution in [3.8, 4) is 0 Å². The molecule has 0 bridgehead atoms. The van der Waals surface area contributed by atoms with Crippen LogP contribution in [0.2, 0.25) is 0 Å². The van der Waals surface area contributed by atoms with E-state index in [1.165, 1.54) is 6.08 Å². The molecule has 2 heterocycles. The third-order valence-corrected chi connectivity index (χ3v) is 6.11. The SMILES string of the molecule is O=C(CCN1C(=O)S/C(=C\c2ccccc2)C1=O)NC1C=CS(=O)(=O)C1. The van der Waals surface area contributed by atoms with Crippen molar-refractivity contribution in [2.45, 2.75) is 12.5 Å². The first-order valence-electron chi connectivity index (χ1n) is 7.85. The van der Waals surface area contributed by atoms with Crippen LogP contribution in [0.3, 0.4) is 0 Å². The van der Waals surface area contributed by atoms with Crippen LogP contribution in [0.15, 0.2) is 46.7 Å². The van der Waals surface area contributed by atoms with Crippen molar-refractivity contribution >= 4 is 44.7 Å². The molecule has 1 unspecified atom stereocenters. The molecule has 136 valence electrons. The molecule has 1 aromatic carbocycles. The number of sulfone groups is 1.